The summed E-state index contributed by atoms with van der Waals surface area (Å²) in [6, 6.07) is 9.10. The maximum Gasteiger partial charge on any atom is 0.102 e. The smallest absolute Gasteiger partial charge is 0.102 e. The highest BCUT2D eigenvalue weighted by Gasteiger charge is 2.35. The zero-order chi connectivity index (χ0) is 13.3. The predicted octanol–water partition coefficient (Wildman–Crippen LogP) is 2.44. The first kappa shape index (κ1) is 13.6. The molecule has 1 heterocycles. The molecular formula is C15H20BrNO2. The van der Waals surface area contributed by atoms with Gasteiger partial charge in [-0.1, -0.05) is 28.1 Å². The van der Waals surface area contributed by atoms with E-state index < -0.39 is 5.60 Å². The van der Waals surface area contributed by atoms with Gasteiger partial charge in [-0.2, -0.15) is 0 Å². The molecule has 0 aromatic heterocycles. The summed E-state index contributed by atoms with van der Waals surface area (Å²) in [6.45, 7) is 1.81. The molecule has 4 heteroatoms. The van der Waals surface area contributed by atoms with Crippen molar-refractivity contribution < 1.29 is 9.84 Å². The average Bonchev–Trinajstić information content (AvgIpc) is 2.74. The molecule has 1 aliphatic heterocycles. The molecule has 0 bridgehead atoms. The topological polar surface area (TPSA) is 41.5 Å². The summed E-state index contributed by atoms with van der Waals surface area (Å²) in [6.07, 6.45) is 3.07. The van der Waals surface area contributed by atoms with Crippen molar-refractivity contribution in [3.8, 4) is 0 Å². The normalized spacial score (nSPS) is 34.2. The van der Waals surface area contributed by atoms with E-state index in [2.05, 4.69) is 45.5 Å². The molecule has 0 spiro atoms. The van der Waals surface area contributed by atoms with Crippen LogP contribution in [0.5, 0.6) is 0 Å². The highest BCUT2D eigenvalue weighted by atomic mass is 79.9. The van der Waals surface area contributed by atoms with Gasteiger partial charge in [0.25, 0.3) is 0 Å². The van der Waals surface area contributed by atoms with Crippen molar-refractivity contribution in [3.05, 3.63) is 34.3 Å². The van der Waals surface area contributed by atoms with Crippen molar-refractivity contribution in [2.24, 2.45) is 0 Å². The summed E-state index contributed by atoms with van der Waals surface area (Å²) in [4.78, 5) is 0. The van der Waals surface area contributed by atoms with Gasteiger partial charge in [0.05, 0.1) is 6.61 Å². The molecule has 1 aromatic carbocycles. The third kappa shape index (κ3) is 3.19. The van der Waals surface area contributed by atoms with Gasteiger partial charge in [-0.15, -0.1) is 0 Å². The molecule has 1 aromatic rings. The van der Waals surface area contributed by atoms with Gasteiger partial charge in [-0.25, -0.2) is 0 Å². The minimum Gasteiger partial charge on any atom is -0.386 e. The molecule has 19 heavy (non-hydrogen) atoms. The quantitative estimate of drug-likeness (QED) is 0.893. The fourth-order valence-corrected chi connectivity index (χ4v) is 3.30. The highest BCUT2D eigenvalue weighted by Crippen LogP contribution is 2.37. The minimum atomic E-state index is -0.638. The van der Waals surface area contributed by atoms with E-state index in [0.29, 0.717) is 31.7 Å². The van der Waals surface area contributed by atoms with Gasteiger partial charge >= 0.3 is 0 Å². The number of aliphatic hydroxyl groups is 1. The van der Waals surface area contributed by atoms with Gasteiger partial charge in [-0.3, -0.25) is 0 Å². The Labute approximate surface area is 122 Å². The van der Waals surface area contributed by atoms with Crippen LogP contribution in [-0.2, 0) is 4.74 Å². The molecule has 1 unspecified atom stereocenters. The first-order valence-corrected chi connectivity index (χ1v) is 7.73. The number of halogens is 1. The standard InChI is InChI=1S/C15H20BrNO2/c16-13-3-1-2-11(6-13)12-7-14(8-12)17-9-15(18)4-5-19-10-15/h1-3,6,12,14,17-18H,4-5,7-10H2. The maximum absolute atomic E-state index is 10.2. The summed E-state index contributed by atoms with van der Waals surface area (Å²) in [7, 11) is 0. The lowest BCUT2D eigenvalue weighted by molar-refractivity contribution is 0.0216. The molecule has 2 N–H and O–H groups in total. The van der Waals surface area contributed by atoms with Gasteiger partial charge in [0.1, 0.15) is 5.60 Å². The Bertz CT molecular complexity index is 440. The minimum absolute atomic E-state index is 0.474. The molecule has 2 fully saturated rings. The molecule has 104 valence electrons. The van der Waals surface area contributed by atoms with Crippen molar-refractivity contribution in [1.29, 1.82) is 0 Å². The molecule has 1 atom stereocenters. The molecule has 1 saturated heterocycles. The molecule has 1 aliphatic carbocycles. The van der Waals surface area contributed by atoms with Crippen LogP contribution in [0.25, 0.3) is 0 Å². The van der Waals surface area contributed by atoms with E-state index in [1.165, 1.54) is 5.56 Å². The van der Waals surface area contributed by atoms with Gasteiger partial charge in [0.15, 0.2) is 0 Å². The maximum atomic E-state index is 10.2. The summed E-state index contributed by atoms with van der Waals surface area (Å²) < 4.78 is 6.40. The Hall–Kier alpha value is -0.420. The van der Waals surface area contributed by atoms with Gasteiger partial charge in [0.2, 0.25) is 0 Å². The monoisotopic (exact) mass is 325 g/mol. The van der Waals surface area contributed by atoms with Crippen molar-refractivity contribution >= 4 is 15.9 Å². The largest absolute Gasteiger partial charge is 0.386 e. The molecular weight excluding hydrogens is 306 g/mol. The second-order valence-corrected chi connectivity index (χ2v) is 6.74. The zero-order valence-electron chi connectivity index (χ0n) is 10.9. The number of hydrogen-bond acceptors (Lipinski definition) is 3. The lowest BCUT2D eigenvalue weighted by atomic mass is 9.75. The predicted molar refractivity (Wildman–Crippen MR) is 78.3 cm³/mol. The number of rotatable bonds is 4. The Morgan fingerprint density at radius 3 is 2.95 bits per heavy atom. The number of benzene rings is 1. The molecule has 3 rings (SSSR count). The summed E-state index contributed by atoms with van der Waals surface area (Å²) >= 11 is 3.52. The summed E-state index contributed by atoms with van der Waals surface area (Å²) in [5.74, 6) is 0.657. The van der Waals surface area contributed by atoms with E-state index >= 15 is 0 Å². The van der Waals surface area contributed by atoms with E-state index in [1.54, 1.807) is 0 Å². The number of hydrogen-bond donors (Lipinski definition) is 2. The van der Waals surface area contributed by atoms with Crippen LogP contribution in [0.4, 0.5) is 0 Å². The van der Waals surface area contributed by atoms with Gasteiger partial charge < -0.3 is 15.2 Å². The lowest BCUT2D eigenvalue weighted by Crippen LogP contribution is -2.48. The van der Waals surface area contributed by atoms with Crippen LogP contribution in [0, 0.1) is 0 Å². The fourth-order valence-electron chi connectivity index (χ4n) is 2.89. The molecule has 3 nitrogen and oxygen atoms in total. The van der Waals surface area contributed by atoms with Crippen LogP contribution in [0.1, 0.15) is 30.7 Å². The number of nitrogens with one attached hydrogen (secondary N) is 1. The fraction of sp³-hybridized carbons (Fsp3) is 0.600. The van der Waals surface area contributed by atoms with Crippen molar-refractivity contribution in [2.75, 3.05) is 19.8 Å². The van der Waals surface area contributed by atoms with Crippen molar-refractivity contribution in [2.45, 2.75) is 36.8 Å². The second-order valence-electron chi connectivity index (χ2n) is 5.83. The van der Waals surface area contributed by atoms with Crippen molar-refractivity contribution in [3.63, 3.8) is 0 Å². The first-order chi connectivity index (χ1) is 9.15. The van der Waals surface area contributed by atoms with Gasteiger partial charge in [-0.05, 0) is 36.5 Å². The Morgan fingerprint density at radius 1 is 1.42 bits per heavy atom. The number of ether oxygens (including phenoxy) is 1. The molecule has 2 aliphatic rings. The van der Waals surface area contributed by atoms with Crippen LogP contribution in [0.3, 0.4) is 0 Å². The van der Waals surface area contributed by atoms with Crippen LogP contribution in [0.2, 0.25) is 0 Å². The van der Waals surface area contributed by atoms with Crippen LogP contribution >= 0.6 is 15.9 Å². The summed E-state index contributed by atoms with van der Waals surface area (Å²) in [5, 5.41) is 13.7. The molecule has 0 radical (unpaired) electrons. The van der Waals surface area contributed by atoms with E-state index in [0.717, 1.165) is 23.7 Å². The van der Waals surface area contributed by atoms with Crippen LogP contribution < -0.4 is 5.32 Å². The van der Waals surface area contributed by atoms with Crippen molar-refractivity contribution in [1.82, 2.24) is 5.32 Å². The average molecular weight is 326 g/mol. The zero-order valence-corrected chi connectivity index (χ0v) is 12.5. The van der Waals surface area contributed by atoms with E-state index in [4.69, 9.17) is 4.74 Å². The lowest BCUT2D eigenvalue weighted by Gasteiger charge is -2.38. The third-order valence-electron chi connectivity index (χ3n) is 4.26. The van der Waals surface area contributed by atoms with Crippen LogP contribution in [0.15, 0.2) is 28.7 Å². The Kier molecular flexibility index (Phi) is 3.94. The molecule has 1 saturated carbocycles. The third-order valence-corrected chi connectivity index (χ3v) is 4.75. The second kappa shape index (κ2) is 5.52. The van der Waals surface area contributed by atoms with E-state index in [-0.39, 0.29) is 0 Å². The Balaban J connectivity index is 1.45. The molecule has 0 amide bonds. The SMILES string of the molecule is OC1(CNC2CC(c3cccc(Br)c3)C2)CCOC1. The van der Waals surface area contributed by atoms with Gasteiger partial charge in [0, 0.05) is 30.1 Å². The Morgan fingerprint density at radius 2 is 2.26 bits per heavy atom. The van der Waals surface area contributed by atoms with E-state index in [1.807, 2.05) is 0 Å². The summed E-state index contributed by atoms with van der Waals surface area (Å²) in [5.41, 5.74) is 0.774. The van der Waals surface area contributed by atoms with Crippen LogP contribution in [-0.4, -0.2) is 36.5 Å². The highest BCUT2D eigenvalue weighted by molar-refractivity contribution is 9.10. The van der Waals surface area contributed by atoms with E-state index in [9.17, 15) is 5.11 Å². The first-order valence-electron chi connectivity index (χ1n) is 6.94.